The van der Waals surface area contributed by atoms with Crippen molar-refractivity contribution < 1.29 is 4.74 Å². The molecule has 0 radical (unpaired) electrons. The Morgan fingerprint density at radius 1 is 0.367 bits per heavy atom. The Hall–Kier alpha value is -8.50. The number of fused-ring (bicyclic) bond motifs is 3. The predicted molar refractivity (Wildman–Crippen MR) is 234 cm³/mol. The maximum Gasteiger partial charge on any atom is 0.161 e. The van der Waals surface area contributed by atoms with Gasteiger partial charge in [-0.05, 0) is 120 Å². The van der Waals surface area contributed by atoms with Gasteiger partial charge in [0.2, 0.25) is 0 Å². The van der Waals surface area contributed by atoms with Crippen LogP contribution in [0.5, 0.6) is 11.5 Å². The topological polar surface area (TPSA) is 116 Å². The lowest BCUT2D eigenvalue weighted by molar-refractivity contribution is 0.477. The molecule has 0 aliphatic carbocycles. The Morgan fingerprint density at radius 3 is 1.28 bits per heavy atom. The monoisotopic (exact) mass is 773 g/mol. The summed E-state index contributed by atoms with van der Waals surface area (Å²) in [5.41, 5.74) is 9.93. The molecule has 11 rings (SSSR count). The zero-order valence-corrected chi connectivity index (χ0v) is 31.8. The molecule has 10 nitrogen and oxygen atoms in total. The molecule has 10 heteroatoms. The summed E-state index contributed by atoms with van der Waals surface area (Å²) < 4.78 is 6.37. The zero-order chi connectivity index (χ0) is 39.8. The van der Waals surface area contributed by atoms with Gasteiger partial charge in [0.05, 0.1) is 56.9 Å². The van der Waals surface area contributed by atoms with Crippen molar-refractivity contribution in [1.82, 2.24) is 39.9 Å². The maximum atomic E-state index is 6.37. The lowest BCUT2D eigenvalue weighted by atomic mass is 9.98. The Morgan fingerprint density at radius 2 is 0.817 bits per heavy atom. The van der Waals surface area contributed by atoms with Crippen molar-refractivity contribution in [3.8, 4) is 79.8 Å². The minimum Gasteiger partial charge on any atom is -0.453 e. The molecule has 0 spiro atoms. The number of nitrogens with zero attached hydrogens (tertiary/aromatic N) is 9. The second-order valence-electron chi connectivity index (χ2n) is 14.1. The Labute approximate surface area is 344 Å². The van der Waals surface area contributed by atoms with Gasteiger partial charge in [-0.2, -0.15) is 0 Å². The molecule has 0 amide bonds. The molecule has 0 saturated carbocycles. The van der Waals surface area contributed by atoms with Crippen LogP contribution in [0.15, 0.2) is 189 Å². The van der Waals surface area contributed by atoms with E-state index in [0.717, 1.165) is 73.2 Å². The quantitative estimate of drug-likeness (QED) is 0.155. The smallest absolute Gasteiger partial charge is 0.161 e. The first-order valence-electron chi connectivity index (χ1n) is 19.4. The van der Waals surface area contributed by atoms with Crippen molar-refractivity contribution in [2.24, 2.45) is 0 Å². The highest BCUT2D eigenvalue weighted by Crippen LogP contribution is 2.51. The SMILES string of the molecule is c1ccc(-c2cc(-c3ccccn3)nc(-c3cc(-c4nc(-c5ccccn5)cc(-c5ccccn5)n4)c4ccc(N5c6ccccc6Oc6ccccc65)cc4c3)n2)nc1. The molecular weight excluding hydrogens is 743 g/mol. The van der Waals surface area contributed by atoms with Crippen LogP contribution < -0.4 is 9.64 Å². The van der Waals surface area contributed by atoms with E-state index in [9.17, 15) is 0 Å². The number of pyridine rings is 4. The van der Waals surface area contributed by atoms with E-state index >= 15 is 0 Å². The summed E-state index contributed by atoms with van der Waals surface area (Å²) in [5, 5.41) is 1.87. The van der Waals surface area contributed by atoms with Crippen LogP contribution in [0.4, 0.5) is 17.1 Å². The average molecular weight is 774 g/mol. The van der Waals surface area contributed by atoms with Gasteiger partial charge in [-0.15, -0.1) is 0 Å². The van der Waals surface area contributed by atoms with Crippen LogP contribution >= 0.6 is 0 Å². The number of ether oxygens (including phenoxy) is 1. The summed E-state index contributed by atoms with van der Waals surface area (Å²) in [4.78, 5) is 41.6. The maximum absolute atomic E-state index is 6.37. The number of anilines is 3. The van der Waals surface area contributed by atoms with E-state index in [1.165, 1.54) is 0 Å². The van der Waals surface area contributed by atoms with Gasteiger partial charge in [0.25, 0.3) is 0 Å². The average Bonchev–Trinajstić information content (AvgIpc) is 3.33. The summed E-state index contributed by atoms with van der Waals surface area (Å²) >= 11 is 0. The van der Waals surface area contributed by atoms with Crippen molar-refractivity contribution >= 4 is 27.8 Å². The summed E-state index contributed by atoms with van der Waals surface area (Å²) in [5.74, 6) is 2.55. The fraction of sp³-hybridized carbons (Fsp3) is 0. The van der Waals surface area contributed by atoms with E-state index < -0.39 is 0 Å². The first-order valence-corrected chi connectivity index (χ1v) is 19.4. The molecule has 7 heterocycles. The summed E-state index contributed by atoms with van der Waals surface area (Å²) in [6, 6.07) is 53.8. The molecule has 282 valence electrons. The van der Waals surface area contributed by atoms with Crippen LogP contribution in [-0.4, -0.2) is 39.9 Å². The van der Waals surface area contributed by atoms with Crippen LogP contribution in [-0.2, 0) is 0 Å². The lowest BCUT2D eigenvalue weighted by Crippen LogP contribution is -2.15. The molecule has 0 saturated heterocycles. The molecule has 10 aromatic rings. The van der Waals surface area contributed by atoms with Crippen LogP contribution in [0.3, 0.4) is 0 Å². The molecule has 1 aliphatic heterocycles. The minimum absolute atomic E-state index is 0.500. The first-order chi connectivity index (χ1) is 29.7. The highest BCUT2D eigenvalue weighted by molar-refractivity contribution is 6.02. The third-order valence-electron chi connectivity index (χ3n) is 10.3. The van der Waals surface area contributed by atoms with Gasteiger partial charge in [-0.1, -0.05) is 54.6 Å². The van der Waals surface area contributed by atoms with Crippen molar-refractivity contribution in [3.05, 3.63) is 189 Å². The van der Waals surface area contributed by atoms with E-state index in [4.69, 9.17) is 24.7 Å². The standard InChI is InChI=1S/C50H31N9O/c1-3-19-47-45(17-1)59(46-18-2-4-20-48(46)60-47)34-21-22-35-32(28-34)27-33(49-55-41(37-13-5-9-23-51-37)30-42(56-49)38-14-6-10-24-52-38)29-36(35)50-57-43(39-15-7-11-25-53-39)31-44(58-50)40-16-8-12-26-54-40/h1-31H. The molecule has 0 unspecified atom stereocenters. The second kappa shape index (κ2) is 14.8. The fourth-order valence-electron chi connectivity index (χ4n) is 7.52. The first kappa shape index (κ1) is 34.7. The Balaban J connectivity index is 1.18. The third kappa shape index (κ3) is 6.44. The minimum atomic E-state index is 0.500. The number of hydrogen-bond acceptors (Lipinski definition) is 10. The van der Waals surface area contributed by atoms with Crippen LogP contribution in [0, 0.1) is 0 Å². The van der Waals surface area contributed by atoms with Crippen molar-refractivity contribution in [2.45, 2.75) is 0 Å². The van der Waals surface area contributed by atoms with Crippen LogP contribution in [0.1, 0.15) is 0 Å². The summed E-state index contributed by atoms with van der Waals surface area (Å²) in [6.07, 6.45) is 7.06. The molecule has 60 heavy (non-hydrogen) atoms. The number of aromatic nitrogens is 8. The zero-order valence-electron chi connectivity index (χ0n) is 31.8. The van der Waals surface area contributed by atoms with E-state index in [2.05, 4.69) is 67.3 Å². The van der Waals surface area contributed by atoms with Crippen LogP contribution in [0.25, 0.3) is 79.1 Å². The number of para-hydroxylation sites is 4. The van der Waals surface area contributed by atoms with E-state index in [-0.39, 0.29) is 0 Å². The van der Waals surface area contributed by atoms with Gasteiger partial charge in [-0.3, -0.25) is 19.9 Å². The molecule has 4 aromatic carbocycles. The molecule has 0 atom stereocenters. The Kier molecular flexibility index (Phi) is 8.55. The normalized spacial score (nSPS) is 11.8. The molecular formula is C50H31N9O. The van der Waals surface area contributed by atoms with E-state index in [1.807, 2.05) is 121 Å². The second-order valence-corrected chi connectivity index (χ2v) is 14.1. The van der Waals surface area contributed by atoms with Gasteiger partial charge < -0.3 is 9.64 Å². The summed E-state index contributed by atoms with van der Waals surface area (Å²) in [6.45, 7) is 0. The van der Waals surface area contributed by atoms with Gasteiger partial charge in [0.15, 0.2) is 23.1 Å². The fourth-order valence-corrected chi connectivity index (χ4v) is 7.52. The molecule has 0 bridgehead atoms. The third-order valence-corrected chi connectivity index (χ3v) is 10.3. The van der Waals surface area contributed by atoms with Crippen molar-refractivity contribution in [2.75, 3.05) is 4.90 Å². The van der Waals surface area contributed by atoms with E-state index in [1.54, 1.807) is 24.8 Å². The predicted octanol–water partition coefficient (Wildman–Crippen LogP) is 11.6. The number of rotatable bonds is 7. The molecule has 1 aliphatic rings. The number of hydrogen-bond donors (Lipinski definition) is 0. The highest BCUT2D eigenvalue weighted by atomic mass is 16.5. The molecule has 6 aromatic heterocycles. The number of benzene rings is 4. The van der Waals surface area contributed by atoms with E-state index in [0.29, 0.717) is 34.4 Å². The Bertz CT molecular complexity index is 3030. The molecule has 0 fully saturated rings. The largest absolute Gasteiger partial charge is 0.453 e. The summed E-state index contributed by atoms with van der Waals surface area (Å²) in [7, 11) is 0. The highest BCUT2D eigenvalue weighted by Gasteiger charge is 2.26. The molecule has 0 N–H and O–H groups in total. The van der Waals surface area contributed by atoms with Gasteiger partial charge in [0.1, 0.15) is 0 Å². The van der Waals surface area contributed by atoms with Gasteiger partial charge in [0, 0.05) is 41.6 Å². The van der Waals surface area contributed by atoms with Gasteiger partial charge >= 0.3 is 0 Å². The van der Waals surface area contributed by atoms with Crippen molar-refractivity contribution in [1.29, 1.82) is 0 Å². The lowest BCUT2D eigenvalue weighted by Gasteiger charge is -2.33. The van der Waals surface area contributed by atoms with Crippen molar-refractivity contribution in [3.63, 3.8) is 0 Å². The van der Waals surface area contributed by atoms with Gasteiger partial charge in [-0.25, -0.2) is 19.9 Å². The van der Waals surface area contributed by atoms with Crippen LogP contribution in [0.2, 0.25) is 0 Å².